The molecule has 2 saturated carbocycles. The standard InChI is InChI=1S/C34H45FN4O8S2/c1-18(2)15-39(49(43,44)23-8-10-26-30(14-23)48-33(37-26)36-22-6-7-22)16-28(40)27(11-20-5-9-25(35)29(12-20)45-4)38-34(42)47-31-19(3)24-13-21(31)17-46-32(24)41/h5,8-10,12,14,18-19,21-22,24,27-28,31-32,40-41H,6-7,11,13,15-17H2,1-4H3,(H,36,37)(H,38,42)/t19?,21?,24?,27-,28+,31?,32?/m0/s1. The lowest BCUT2D eigenvalue weighted by atomic mass is 9.96. The van der Waals surface area contributed by atoms with Gasteiger partial charge in [0.2, 0.25) is 10.0 Å². The van der Waals surface area contributed by atoms with Crippen molar-refractivity contribution in [3.8, 4) is 5.75 Å². The summed E-state index contributed by atoms with van der Waals surface area (Å²) in [4.78, 5) is 18.1. The van der Waals surface area contributed by atoms with Crippen LogP contribution < -0.4 is 15.4 Å². The first-order valence-electron chi connectivity index (χ1n) is 16.8. The minimum atomic E-state index is -4.10. The number of hydrogen-bond acceptors (Lipinski definition) is 11. The van der Waals surface area contributed by atoms with Gasteiger partial charge < -0.3 is 35.1 Å². The Labute approximate surface area is 290 Å². The van der Waals surface area contributed by atoms with Gasteiger partial charge in [0.15, 0.2) is 23.0 Å². The highest BCUT2D eigenvalue weighted by molar-refractivity contribution is 7.89. The van der Waals surface area contributed by atoms with E-state index < -0.39 is 46.5 Å². The molecular formula is C34H45FN4O8S2. The maximum absolute atomic E-state index is 14.2. The molecule has 2 heterocycles. The zero-order chi connectivity index (χ0) is 35.0. The first kappa shape index (κ1) is 35.7. The minimum absolute atomic E-state index is 0.00288. The molecule has 0 radical (unpaired) electrons. The number of benzene rings is 2. The highest BCUT2D eigenvalue weighted by Crippen LogP contribution is 2.44. The van der Waals surface area contributed by atoms with Crippen LogP contribution >= 0.6 is 11.3 Å². The van der Waals surface area contributed by atoms with E-state index >= 15 is 0 Å². The Kier molecular flexibility index (Phi) is 10.7. The summed E-state index contributed by atoms with van der Waals surface area (Å²) in [5.74, 6) is -1.05. The second-order valence-corrected chi connectivity index (χ2v) is 16.9. The molecule has 0 spiro atoms. The third-order valence-corrected chi connectivity index (χ3v) is 12.4. The molecule has 3 aromatic rings. The van der Waals surface area contributed by atoms with Crippen LogP contribution in [-0.4, -0.2) is 91.4 Å². The third kappa shape index (κ3) is 8.12. The first-order chi connectivity index (χ1) is 23.3. The molecule has 3 aliphatic rings. The number of carbonyl (C=O) groups excluding carboxylic acids is 1. The Hall–Kier alpha value is -3.08. The van der Waals surface area contributed by atoms with Gasteiger partial charge in [-0.25, -0.2) is 22.6 Å². The maximum Gasteiger partial charge on any atom is 0.407 e. The van der Waals surface area contributed by atoms with Crippen LogP contribution in [0.5, 0.6) is 5.75 Å². The molecule has 1 aliphatic heterocycles. The van der Waals surface area contributed by atoms with Crippen molar-refractivity contribution in [2.45, 2.75) is 81.9 Å². The lowest BCUT2D eigenvalue weighted by molar-refractivity contribution is -0.163. The number of alkyl carbamates (subject to hydrolysis) is 1. The number of fused-ring (bicyclic) bond motifs is 3. The van der Waals surface area contributed by atoms with Crippen LogP contribution in [0.15, 0.2) is 41.3 Å². The van der Waals surface area contributed by atoms with Crippen molar-refractivity contribution in [2.75, 3.05) is 32.1 Å². The molecule has 2 aromatic carbocycles. The van der Waals surface area contributed by atoms with E-state index in [9.17, 15) is 27.8 Å². The number of nitrogens with one attached hydrogen (secondary N) is 2. The van der Waals surface area contributed by atoms with Crippen molar-refractivity contribution < 1.29 is 42.0 Å². The molecule has 1 amide bonds. The van der Waals surface area contributed by atoms with Gasteiger partial charge in [-0.15, -0.1) is 0 Å². The van der Waals surface area contributed by atoms with Gasteiger partial charge in [-0.2, -0.15) is 4.31 Å². The Bertz CT molecular complexity index is 1750. The summed E-state index contributed by atoms with van der Waals surface area (Å²) in [6.07, 6.45) is -0.738. The van der Waals surface area contributed by atoms with Crippen LogP contribution in [0.1, 0.15) is 45.6 Å². The SMILES string of the molecule is COc1cc(C[C@H](NC(=O)OC2C3COC(O)C(C3)C2C)[C@H](O)CN(CC(C)C)S(=O)(=O)c2ccc3nc(NC4CC4)sc3c2)ccc1F. The van der Waals surface area contributed by atoms with Gasteiger partial charge in [0, 0.05) is 36.9 Å². The van der Waals surface area contributed by atoms with E-state index in [-0.39, 0.29) is 60.4 Å². The van der Waals surface area contributed by atoms with Crippen molar-refractivity contribution >= 4 is 42.8 Å². The summed E-state index contributed by atoms with van der Waals surface area (Å²) in [5, 5.41) is 28.8. The molecule has 268 valence electrons. The summed E-state index contributed by atoms with van der Waals surface area (Å²) in [5.41, 5.74) is 1.25. The van der Waals surface area contributed by atoms with E-state index in [1.54, 1.807) is 12.1 Å². The number of thiazole rings is 1. The average molecular weight is 721 g/mol. The van der Waals surface area contributed by atoms with Crippen molar-refractivity contribution in [3.05, 3.63) is 47.8 Å². The number of aliphatic hydroxyl groups is 2. The zero-order valence-electron chi connectivity index (χ0n) is 28.0. The molecule has 3 fully saturated rings. The second kappa shape index (κ2) is 14.6. The summed E-state index contributed by atoms with van der Waals surface area (Å²) >= 11 is 1.40. The first-order valence-corrected chi connectivity index (χ1v) is 19.0. The number of nitrogens with zero attached hydrogens (tertiary/aromatic N) is 2. The summed E-state index contributed by atoms with van der Waals surface area (Å²) in [6.45, 7) is 5.71. The van der Waals surface area contributed by atoms with Crippen LogP contribution in [0, 0.1) is 29.5 Å². The van der Waals surface area contributed by atoms with Crippen molar-refractivity contribution in [2.24, 2.45) is 23.7 Å². The fraction of sp³-hybridized carbons (Fsp3) is 0.588. The molecule has 4 N–H and O–H groups in total. The second-order valence-electron chi connectivity index (χ2n) is 13.9. The number of methoxy groups -OCH3 is 1. The van der Waals surface area contributed by atoms with Crippen molar-refractivity contribution in [3.63, 3.8) is 0 Å². The van der Waals surface area contributed by atoms with E-state index in [0.717, 1.165) is 22.7 Å². The highest BCUT2D eigenvalue weighted by atomic mass is 32.2. The molecule has 49 heavy (non-hydrogen) atoms. The van der Waals surface area contributed by atoms with E-state index in [2.05, 4.69) is 15.6 Å². The van der Waals surface area contributed by atoms with Gasteiger partial charge in [0.05, 0.1) is 41.0 Å². The molecule has 1 aromatic heterocycles. The molecule has 7 atom stereocenters. The monoisotopic (exact) mass is 720 g/mol. The molecule has 12 nitrogen and oxygen atoms in total. The number of halogens is 1. The summed E-state index contributed by atoms with van der Waals surface area (Å²) < 4.78 is 61.0. The Balaban J connectivity index is 1.23. The van der Waals surface area contributed by atoms with E-state index in [1.165, 1.54) is 47.0 Å². The van der Waals surface area contributed by atoms with Crippen molar-refractivity contribution in [1.82, 2.24) is 14.6 Å². The molecule has 2 bridgehead atoms. The molecule has 6 rings (SSSR count). The number of aromatic nitrogens is 1. The minimum Gasteiger partial charge on any atom is -0.494 e. The number of sulfonamides is 1. The van der Waals surface area contributed by atoms with Gasteiger partial charge in [0.1, 0.15) is 6.10 Å². The number of hydrogen-bond donors (Lipinski definition) is 4. The number of aliphatic hydroxyl groups excluding tert-OH is 2. The smallest absolute Gasteiger partial charge is 0.407 e. The molecular weight excluding hydrogens is 676 g/mol. The fourth-order valence-corrected chi connectivity index (χ4v) is 9.53. The van der Waals surface area contributed by atoms with Crippen LogP contribution in [0.3, 0.4) is 0 Å². The lowest BCUT2D eigenvalue weighted by Crippen LogP contribution is -2.51. The van der Waals surface area contributed by atoms with E-state index in [0.29, 0.717) is 23.5 Å². The topological polar surface area (TPSA) is 160 Å². The van der Waals surface area contributed by atoms with E-state index in [1.807, 2.05) is 20.8 Å². The number of anilines is 1. The highest BCUT2D eigenvalue weighted by Gasteiger charge is 2.50. The largest absolute Gasteiger partial charge is 0.494 e. The molecule has 2 aliphatic carbocycles. The maximum atomic E-state index is 14.2. The van der Waals surface area contributed by atoms with Gasteiger partial charge in [-0.3, -0.25) is 0 Å². The summed E-state index contributed by atoms with van der Waals surface area (Å²) in [6, 6.07) is 8.43. The lowest BCUT2D eigenvalue weighted by Gasteiger charge is -2.31. The van der Waals surface area contributed by atoms with E-state index in [4.69, 9.17) is 14.2 Å². The Morgan fingerprint density at radius 3 is 2.67 bits per heavy atom. The van der Waals surface area contributed by atoms with Gasteiger partial charge >= 0.3 is 6.09 Å². The zero-order valence-corrected chi connectivity index (χ0v) is 29.7. The van der Waals surface area contributed by atoms with Crippen LogP contribution in [-0.2, 0) is 25.9 Å². The summed E-state index contributed by atoms with van der Waals surface area (Å²) in [7, 11) is -2.76. The average Bonchev–Trinajstić information content (AvgIpc) is 3.72. The number of ether oxygens (including phenoxy) is 3. The quantitative estimate of drug-likeness (QED) is 0.189. The van der Waals surface area contributed by atoms with Crippen LogP contribution in [0.4, 0.5) is 14.3 Å². The van der Waals surface area contributed by atoms with Crippen LogP contribution in [0.2, 0.25) is 0 Å². The number of carbonyl (C=O) groups is 1. The molecule has 1 saturated heterocycles. The number of rotatable bonds is 14. The molecule has 5 unspecified atom stereocenters. The van der Waals surface area contributed by atoms with Crippen molar-refractivity contribution in [1.29, 1.82) is 0 Å². The van der Waals surface area contributed by atoms with Crippen LogP contribution in [0.25, 0.3) is 10.2 Å². The predicted octanol–water partition coefficient (Wildman–Crippen LogP) is 4.35. The van der Waals surface area contributed by atoms with Gasteiger partial charge in [0.25, 0.3) is 0 Å². The van der Waals surface area contributed by atoms with Gasteiger partial charge in [-0.05, 0) is 67.5 Å². The molecule has 15 heteroatoms. The Morgan fingerprint density at radius 2 is 1.98 bits per heavy atom. The number of amides is 1. The normalized spacial score (nSPS) is 25.0. The predicted molar refractivity (Wildman–Crippen MR) is 182 cm³/mol. The van der Waals surface area contributed by atoms with Gasteiger partial charge in [-0.1, -0.05) is 38.2 Å². The Morgan fingerprint density at radius 1 is 1.20 bits per heavy atom. The third-order valence-electron chi connectivity index (χ3n) is 9.62. The fourth-order valence-electron chi connectivity index (χ4n) is 6.83.